The van der Waals surface area contributed by atoms with Crippen LogP contribution in [0.25, 0.3) is 21.8 Å². The van der Waals surface area contributed by atoms with Gasteiger partial charge in [0.05, 0.1) is 47.9 Å². The molecule has 4 aromatic heterocycles. The molecule has 2 fully saturated rings. The van der Waals surface area contributed by atoms with Gasteiger partial charge in [0.1, 0.15) is 11.2 Å². The van der Waals surface area contributed by atoms with Gasteiger partial charge in [0.15, 0.2) is 5.78 Å². The number of fused-ring (bicyclic) bond motifs is 4. The van der Waals surface area contributed by atoms with Crippen LogP contribution in [0.3, 0.4) is 0 Å². The number of halogens is 1. The van der Waals surface area contributed by atoms with Gasteiger partial charge in [-0.3, -0.25) is 24.0 Å². The summed E-state index contributed by atoms with van der Waals surface area (Å²) in [5.74, 6) is -0.917. The minimum Gasteiger partial charge on any atom is -0.444 e. The van der Waals surface area contributed by atoms with Crippen LogP contribution in [-0.2, 0) is 114 Å². The molecule has 0 saturated carbocycles. The number of amides is 6. The summed E-state index contributed by atoms with van der Waals surface area (Å²) in [5, 5.41) is 15.9. The number of hydrogen-bond acceptors (Lipinski definition) is 14. The summed E-state index contributed by atoms with van der Waals surface area (Å²) < 4.78 is 14.9. The number of rotatable bonds is 15. The molecule has 97 heavy (non-hydrogen) atoms. The summed E-state index contributed by atoms with van der Waals surface area (Å²) in [5.41, 5.74) is 16.5. The normalized spacial score (nSPS) is 16.4. The zero-order valence-corrected chi connectivity index (χ0v) is 62.2. The standard InChI is InChI=1S/C36H40N4O5S.C18H19N3O2S.C16H22N2O2.CH3ClS.CO2.W/c1-36(2,3)45-35(44)37-28(18-26-21-38(4)29-11-6-5-10-27(26)29)31(41)19-25-17-24-9-7-12-30(39-15-8-13-32(39)42)33(24)40(34(25)43)20-23-14-16-46-22-23;19-14-9-13-3-1-4-15(20-7-2-5-16(20)22)17(13)21(18(14)23)10-12-6-8-24-11-12;1-16(2,3)20-15(19)17-10-9-12-11-18(4)14-8-6-5-7-13(12)14;1-3-2;2-1-3;/h5-7,9-12,14,16,21-22,25,28H,8,13,15,17-20H2,1-4H3,(H,37,44);1,3-4,6,8,11,14H,2,5,7,9-10,19H2;5-8,11H,9-10H2,1-4H3,(H,17,19);1H3;;/t25?,28-;;;;;/m1...../s1. The van der Waals surface area contributed by atoms with Crippen molar-refractivity contribution in [2.24, 2.45) is 25.7 Å². The minimum atomic E-state index is -0.895. The van der Waals surface area contributed by atoms with Crippen LogP contribution in [0.2, 0.25) is 0 Å². The molecule has 0 aliphatic carbocycles. The summed E-state index contributed by atoms with van der Waals surface area (Å²) in [6.45, 7) is 13.6. The molecule has 8 heterocycles. The number of aryl methyl sites for hydroxylation is 2. The molecule has 0 bridgehead atoms. The van der Waals surface area contributed by atoms with Gasteiger partial charge in [-0.1, -0.05) is 60.7 Å². The predicted octanol–water partition coefficient (Wildman–Crippen LogP) is 12.6. The molecule has 4 N–H and O–H groups in total. The maximum atomic E-state index is 14.3. The van der Waals surface area contributed by atoms with E-state index in [9.17, 15) is 33.6 Å². The molecule has 6 amide bonds. The summed E-state index contributed by atoms with van der Waals surface area (Å²) >= 11 is 4.64. The molecular formula is C72H84ClN9O11S3W. The summed E-state index contributed by atoms with van der Waals surface area (Å²) in [7, 11) is 9.52. The van der Waals surface area contributed by atoms with Gasteiger partial charge in [0.2, 0.25) is 23.6 Å². The Morgan fingerprint density at radius 2 is 1.14 bits per heavy atom. The number of nitrogens with zero attached hydrogens (tertiary/aromatic N) is 6. The smallest absolute Gasteiger partial charge is 0.408 e. The zero-order chi connectivity index (χ0) is 70.3. The molecule has 12 rings (SSSR count). The Morgan fingerprint density at radius 1 is 0.680 bits per heavy atom. The molecular weight excluding hydrogens is 1480 g/mol. The van der Waals surface area contributed by atoms with Crippen LogP contribution in [0.1, 0.15) is 107 Å². The minimum absolute atomic E-state index is 0.0451. The first-order chi connectivity index (χ1) is 46.1. The van der Waals surface area contributed by atoms with Crippen molar-refractivity contribution in [3.05, 3.63) is 164 Å². The number of ketones is 1. The van der Waals surface area contributed by atoms with Crippen molar-refractivity contribution >= 4 is 133 Å². The molecule has 514 valence electrons. The Morgan fingerprint density at radius 3 is 1.62 bits per heavy atom. The number of thiophene rings is 2. The molecule has 4 aliphatic rings. The number of nitrogens with two attached hydrogens (primary N) is 1. The van der Waals surface area contributed by atoms with Crippen LogP contribution in [0, 0.1) is 5.92 Å². The first-order valence-corrected chi connectivity index (χ1v) is 39.8. The first-order valence-electron chi connectivity index (χ1n) is 31.9. The number of nitrogens with one attached hydrogen (secondary N) is 2. The maximum absolute atomic E-state index is 14.3. The van der Waals surface area contributed by atoms with Gasteiger partial charge in [-0.25, -0.2) is 9.59 Å². The van der Waals surface area contributed by atoms with Gasteiger partial charge in [-0.05, 0) is 165 Å². The molecule has 0 spiro atoms. The number of para-hydroxylation sites is 4. The number of aromatic nitrogens is 2. The second-order valence-corrected chi connectivity index (χ2v) is 37.3. The number of alkyl carbamates (subject to hydrolysis) is 2. The fraction of sp³-hybridized carbons (Fsp3) is 0.389. The third-order valence-corrected chi connectivity index (χ3v) is 17.8. The fourth-order valence-electron chi connectivity index (χ4n) is 12.4. The van der Waals surface area contributed by atoms with Crippen molar-refractivity contribution in [3.8, 4) is 0 Å². The third kappa shape index (κ3) is 20.1. The van der Waals surface area contributed by atoms with Gasteiger partial charge >= 0.3 is 60.6 Å². The molecule has 4 atom stereocenters. The van der Waals surface area contributed by atoms with Crippen molar-refractivity contribution in [1.82, 2.24) is 19.8 Å². The van der Waals surface area contributed by atoms with Gasteiger partial charge in [-0.2, -0.15) is 32.3 Å². The van der Waals surface area contributed by atoms with Crippen LogP contribution < -0.4 is 36.0 Å². The average Bonchev–Trinajstić information content (AvgIpc) is 1.74. The van der Waals surface area contributed by atoms with E-state index in [4.69, 9.17) is 35.5 Å². The van der Waals surface area contributed by atoms with Crippen molar-refractivity contribution < 1.29 is 70.6 Å². The maximum Gasteiger partial charge on any atom is 0.408 e. The van der Waals surface area contributed by atoms with Gasteiger partial charge < -0.3 is 54.6 Å². The first kappa shape index (κ1) is 74.9. The van der Waals surface area contributed by atoms with Gasteiger partial charge in [-0.15, -0.1) is 0 Å². The Balaban J connectivity index is 0.000000196. The van der Waals surface area contributed by atoms with Crippen LogP contribution in [-0.4, -0.2) is 106 Å². The topological polar surface area (TPSA) is 245 Å². The van der Waals surface area contributed by atoms with Crippen molar-refractivity contribution in [2.45, 2.75) is 136 Å². The largest absolute Gasteiger partial charge is 0.444 e. The molecule has 4 aromatic carbocycles. The second kappa shape index (κ2) is 34.1. The number of carbonyl (C=O) groups is 7. The number of hydrogen-bond donors (Lipinski definition) is 3. The molecule has 3 unspecified atom stereocenters. The van der Waals surface area contributed by atoms with E-state index in [1.165, 1.54) is 34.5 Å². The number of Topliss-reactive ketones (excluding diaryl/α,β-unsaturated/α-hetero) is 1. The van der Waals surface area contributed by atoms with Crippen LogP contribution in [0.15, 0.2) is 131 Å². The average molecular weight is 1570 g/mol. The summed E-state index contributed by atoms with van der Waals surface area (Å²) in [6.07, 6.45) is 9.89. The SMILES string of the molecule is C[S](Cl)=[W].Cn1cc(CCNC(=O)OC(C)(C)C)c2ccccc21.Cn1cc(C[C@@H](NC(=O)OC(C)(C)C)C(=O)CC2Cc3cccc(N4CCCC4=O)c3N(Cc3ccsc3)C2=O)c2ccccc21.NC1Cc2cccc(N3CCCC3=O)c2N(Cc2ccsc2)C1=O.O=C=O. The van der Waals surface area contributed by atoms with E-state index in [0.717, 1.165) is 80.7 Å². The van der Waals surface area contributed by atoms with Crippen molar-refractivity contribution in [3.63, 3.8) is 0 Å². The molecule has 20 nitrogen and oxygen atoms in total. The predicted molar refractivity (Wildman–Crippen MR) is 381 cm³/mol. The summed E-state index contributed by atoms with van der Waals surface area (Å²) in [6, 6.07) is 30.5. The number of carbonyl (C=O) groups excluding carboxylic acids is 9. The van der Waals surface area contributed by atoms with Gasteiger partial charge in [0.25, 0.3) is 0 Å². The summed E-state index contributed by atoms with van der Waals surface area (Å²) in [4.78, 5) is 114. The Bertz CT molecular complexity index is 4170. The van der Waals surface area contributed by atoms with Crippen molar-refractivity contribution in [2.75, 3.05) is 45.5 Å². The Kier molecular flexibility index (Phi) is 26.3. The van der Waals surface area contributed by atoms with E-state index in [-0.39, 0.29) is 61.8 Å². The monoisotopic (exact) mass is 1570 g/mol. The van der Waals surface area contributed by atoms with E-state index in [2.05, 4.69) is 33.5 Å². The zero-order valence-electron chi connectivity index (χ0n) is 56.1. The van der Waals surface area contributed by atoms with E-state index in [1.54, 1.807) is 58.1 Å². The number of ether oxygens (including phenoxy) is 2. The van der Waals surface area contributed by atoms with E-state index in [1.807, 2.05) is 163 Å². The van der Waals surface area contributed by atoms with Crippen LogP contribution >= 0.6 is 40.7 Å². The fourth-order valence-corrected chi connectivity index (χ4v) is 13.7. The molecule has 0 radical (unpaired) electrons. The number of benzene rings is 4. The van der Waals surface area contributed by atoms with Crippen molar-refractivity contribution in [1.29, 1.82) is 0 Å². The quantitative estimate of drug-likeness (QED) is 0.0868. The molecule has 2 saturated heterocycles. The molecule has 8 aromatic rings. The van der Waals surface area contributed by atoms with Crippen LogP contribution in [0.4, 0.5) is 32.3 Å². The second-order valence-electron chi connectivity index (χ2n) is 26.0. The Labute approximate surface area is 590 Å². The van der Waals surface area contributed by atoms with E-state index < -0.39 is 35.3 Å². The molecule has 25 heteroatoms. The Hall–Kier alpha value is -7.88. The van der Waals surface area contributed by atoms with Crippen LogP contribution in [0.5, 0.6) is 0 Å². The molecule has 4 aliphatic heterocycles. The third-order valence-electron chi connectivity index (χ3n) is 16.4. The van der Waals surface area contributed by atoms with Gasteiger partial charge in [0, 0.05) is 99.5 Å². The number of anilines is 4. The van der Waals surface area contributed by atoms with E-state index in [0.29, 0.717) is 58.4 Å². The van der Waals surface area contributed by atoms with E-state index >= 15 is 0 Å².